The van der Waals surface area contributed by atoms with Gasteiger partial charge in [-0.25, -0.2) is 4.39 Å². The highest BCUT2D eigenvalue weighted by Crippen LogP contribution is 2.20. The van der Waals surface area contributed by atoms with Crippen LogP contribution in [0.1, 0.15) is 26.6 Å². The summed E-state index contributed by atoms with van der Waals surface area (Å²) in [4.78, 5) is 15.7. The molecule has 3 rings (SSSR count). The van der Waals surface area contributed by atoms with Crippen LogP contribution in [0.15, 0.2) is 47.8 Å². The van der Waals surface area contributed by atoms with Gasteiger partial charge in [-0.3, -0.25) is 4.79 Å². The van der Waals surface area contributed by atoms with E-state index in [-0.39, 0.29) is 18.3 Å². The highest BCUT2D eigenvalue weighted by Gasteiger charge is 2.19. The Morgan fingerprint density at radius 3 is 2.70 bits per heavy atom. The number of carbonyl (C=O) groups excluding carboxylic acids is 1. The van der Waals surface area contributed by atoms with E-state index >= 15 is 0 Å². The summed E-state index contributed by atoms with van der Waals surface area (Å²) in [5, 5.41) is 2.05. The molecule has 27 heavy (non-hydrogen) atoms. The smallest absolute Gasteiger partial charge is 0.255 e. The first-order chi connectivity index (χ1) is 13.0. The van der Waals surface area contributed by atoms with Gasteiger partial charge in [-0.2, -0.15) is 0 Å². The highest BCUT2D eigenvalue weighted by molar-refractivity contribution is 7.09. The van der Waals surface area contributed by atoms with Crippen molar-refractivity contribution in [3.63, 3.8) is 0 Å². The molecule has 1 aromatic carbocycles. The molecule has 2 heterocycles. The summed E-state index contributed by atoms with van der Waals surface area (Å²) in [6.07, 6.45) is 0. The standard InChI is InChI=1S/C21H23FN2O2S/c1-15-13-18(16(2)24(15)14-17-7-6-12-27-17)21(25)23(3)10-11-26-20-9-5-4-8-19(20)22/h4-9,12-13H,10-11,14H2,1-3H3. The second-order valence-corrected chi connectivity index (χ2v) is 7.49. The molecule has 0 saturated heterocycles. The topological polar surface area (TPSA) is 34.5 Å². The number of halogens is 1. The van der Waals surface area contributed by atoms with Crippen molar-refractivity contribution in [2.75, 3.05) is 20.2 Å². The predicted molar refractivity (Wildman–Crippen MR) is 106 cm³/mol. The fraction of sp³-hybridized carbons (Fsp3) is 0.286. The first-order valence-corrected chi connectivity index (χ1v) is 9.67. The van der Waals surface area contributed by atoms with Crippen molar-refractivity contribution in [2.45, 2.75) is 20.4 Å². The molecule has 0 bridgehead atoms. The first-order valence-electron chi connectivity index (χ1n) is 8.79. The van der Waals surface area contributed by atoms with Gasteiger partial charge in [0.15, 0.2) is 11.6 Å². The fourth-order valence-corrected chi connectivity index (χ4v) is 3.67. The number of thiophene rings is 1. The van der Waals surface area contributed by atoms with Gasteiger partial charge in [0.05, 0.1) is 18.7 Å². The summed E-state index contributed by atoms with van der Waals surface area (Å²) in [7, 11) is 1.73. The second kappa shape index (κ2) is 8.39. The minimum absolute atomic E-state index is 0.0577. The van der Waals surface area contributed by atoms with E-state index in [0.717, 1.165) is 17.9 Å². The number of carbonyl (C=O) groups is 1. The molecule has 0 aliphatic rings. The zero-order valence-electron chi connectivity index (χ0n) is 15.7. The number of hydrogen-bond donors (Lipinski definition) is 0. The number of rotatable bonds is 7. The minimum atomic E-state index is -0.399. The molecule has 0 spiro atoms. The summed E-state index contributed by atoms with van der Waals surface area (Å²) in [6, 6.07) is 12.3. The van der Waals surface area contributed by atoms with Crippen LogP contribution in [0, 0.1) is 19.7 Å². The number of hydrogen-bond acceptors (Lipinski definition) is 3. The Morgan fingerprint density at radius 2 is 2.00 bits per heavy atom. The Balaban J connectivity index is 1.64. The zero-order valence-corrected chi connectivity index (χ0v) is 16.6. The number of para-hydroxylation sites is 1. The molecule has 0 radical (unpaired) electrons. The molecule has 0 saturated carbocycles. The highest BCUT2D eigenvalue weighted by atomic mass is 32.1. The van der Waals surface area contributed by atoms with Crippen molar-refractivity contribution < 1.29 is 13.9 Å². The van der Waals surface area contributed by atoms with E-state index in [1.807, 2.05) is 26.0 Å². The third-order valence-electron chi connectivity index (χ3n) is 4.57. The van der Waals surface area contributed by atoms with Gasteiger partial charge in [0.1, 0.15) is 6.61 Å². The lowest BCUT2D eigenvalue weighted by atomic mass is 10.2. The van der Waals surface area contributed by atoms with Crippen LogP contribution < -0.4 is 4.74 Å². The van der Waals surface area contributed by atoms with Gasteiger partial charge in [0.2, 0.25) is 0 Å². The van der Waals surface area contributed by atoms with E-state index < -0.39 is 5.82 Å². The maximum atomic E-state index is 13.6. The van der Waals surface area contributed by atoms with Crippen molar-refractivity contribution in [3.05, 3.63) is 75.5 Å². The third kappa shape index (κ3) is 4.39. The van der Waals surface area contributed by atoms with E-state index in [9.17, 15) is 9.18 Å². The van der Waals surface area contributed by atoms with Crippen LogP contribution in [0.4, 0.5) is 4.39 Å². The van der Waals surface area contributed by atoms with Crippen molar-refractivity contribution in [2.24, 2.45) is 0 Å². The maximum Gasteiger partial charge on any atom is 0.255 e. The van der Waals surface area contributed by atoms with Gasteiger partial charge in [-0.15, -0.1) is 11.3 Å². The van der Waals surface area contributed by atoms with Crippen LogP contribution in [-0.4, -0.2) is 35.6 Å². The molecule has 4 nitrogen and oxygen atoms in total. The van der Waals surface area contributed by atoms with Crippen LogP contribution in [-0.2, 0) is 6.54 Å². The number of benzene rings is 1. The van der Waals surface area contributed by atoms with E-state index in [1.54, 1.807) is 41.5 Å². The quantitative estimate of drug-likeness (QED) is 0.599. The third-order valence-corrected chi connectivity index (χ3v) is 5.43. The van der Waals surface area contributed by atoms with E-state index in [0.29, 0.717) is 12.1 Å². The lowest BCUT2D eigenvalue weighted by Gasteiger charge is -2.18. The lowest BCUT2D eigenvalue weighted by Crippen LogP contribution is -2.31. The van der Waals surface area contributed by atoms with E-state index in [1.165, 1.54) is 10.9 Å². The van der Waals surface area contributed by atoms with E-state index in [2.05, 4.69) is 16.0 Å². The van der Waals surface area contributed by atoms with Crippen LogP contribution in [0.3, 0.4) is 0 Å². The van der Waals surface area contributed by atoms with Gasteiger partial charge in [-0.1, -0.05) is 18.2 Å². The summed E-state index contributed by atoms with van der Waals surface area (Å²) < 4.78 is 21.2. The van der Waals surface area contributed by atoms with Gasteiger partial charge >= 0.3 is 0 Å². The molecule has 142 valence electrons. The second-order valence-electron chi connectivity index (χ2n) is 6.46. The normalized spacial score (nSPS) is 10.8. The predicted octanol–water partition coefficient (Wildman–Crippen LogP) is 4.50. The molecule has 1 amide bonds. The molecule has 0 N–H and O–H groups in total. The minimum Gasteiger partial charge on any atom is -0.489 e. The molecular weight excluding hydrogens is 363 g/mol. The van der Waals surface area contributed by atoms with Crippen molar-refractivity contribution in [1.29, 1.82) is 0 Å². The Bertz CT molecular complexity index is 918. The molecule has 0 aliphatic heterocycles. The van der Waals surface area contributed by atoms with Gasteiger partial charge in [0, 0.05) is 23.3 Å². The number of aryl methyl sites for hydroxylation is 1. The van der Waals surface area contributed by atoms with E-state index in [4.69, 9.17) is 4.74 Å². The number of aromatic nitrogens is 1. The Morgan fingerprint density at radius 1 is 1.22 bits per heavy atom. The number of ether oxygens (including phenoxy) is 1. The summed E-state index contributed by atoms with van der Waals surface area (Å²) in [5.74, 6) is -0.256. The van der Waals surface area contributed by atoms with Crippen LogP contribution in [0.2, 0.25) is 0 Å². The SMILES string of the molecule is Cc1cc(C(=O)N(C)CCOc2ccccc2F)c(C)n1Cc1cccs1. The molecular formula is C21H23FN2O2S. The van der Waals surface area contributed by atoms with Gasteiger partial charge in [-0.05, 0) is 43.5 Å². The lowest BCUT2D eigenvalue weighted by molar-refractivity contribution is 0.0772. The van der Waals surface area contributed by atoms with Crippen LogP contribution in [0.25, 0.3) is 0 Å². The molecule has 0 fully saturated rings. The molecule has 6 heteroatoms. The molecule has 0 aliphatic carbocycles. The Hall–Kier alpha value is -2.60. The zero-order chi connectivity index (χ0) is 19.4. The summed E-state index contributed by atoms with van der Waals surface area (Å²) in [5.41, 5.74) is 2.70. The van der Waals surface area contributed by atoms with Gasteiger partial charge in [0.25, 0.3) is 5.91 Å². The van der Waals surface area contributed by atoms with Crippen LogP contribution in [0.5, 0.6) is 5.75 Å². The molecule has 0 unspecified atom stereocenters. The number of amides is 1. The average molecular weight is 386 g/mol. The summed E-state index contributed by atoms with van der Waals surface area (Å²) >= 11 is 1.71. The molecule has 3 aromatic rings. The van der Waals surface area contributed by atoms with Crippen molar-refractivity contribution >= 4 is 17.2 Å². The maximum absolute atomic E-state index is 13.6. The largest absolute Gasteiger partial charge is 0.489 e. The van der Waals surface area contributed by atoms with Crippen molar-refractivity contribution in [3.8, 4) is 5.75 Å². The number of nitrogens with zero attached hydrogens (tertiary/aromatic N) is 2. The number of likely N-dealkylation sites (N-methyl/N-ethyl adjacent to an activating group) is 1. The Labute approximate surface area is 162 Å². The Kier molecular flexibility index (Phi) is 5.96. The van der Waals surface area contributed by atoms with Crippen molar-refractivity contribution in [1.82, 2.24) is 9.47 Å². The average Bonchev–Trinajstić information content (AvgIpc) is 3.26. The monoisotopic (exact) mass is 386 g/mol. The van der Waals surface area contributed by atoms with Gasteiger partial charge < -0.3 is 14.2 Å². The first kappa shape index (κ1) is 19.2. The van der Waals surface area contributed by atoms with Crippen LogP contribution >= 0.6 is 11.3 Å². The molecule has 0 atom stereocenters. The fourth-order valence-electron chi connectivity index (χ4n) is 2.98. The molecule has 2 aromatic heterocycles. The summed E-state index contributed by atoms with van der Waals surface area (Å²) in [6.45, 7) is 5.36.